The fourth-order valence-corrected chi connectivity index (χ4v) is 7.94. The van der Waals surface area contributed by atoms with Gasteiger partial charge in [-0.05, 0) is 156 Å². The number of aromatic carboxylic acids is 1. The van der Waals surface area contributed by atoms with Gasteiger partial charge in [0.2, 0.25) is 17.5 Å². The van der Waals surface area contributed by atoms with E-state index in [2.05, 4.69) is 78.7 Å². The molecule has 9 rings (SSSR count). The highest BCUT2D eigenvalue weighted by molar-refractivity contribution is 9.18. The molecule has 0 aliphatic carbocycles. The van der Waals surface area contributed by atoms with Crippen molar-refractivity contribution in [1.82, 2.24) is 64.2 Å². The van der Waals surface area contributed by atoms with Gasteiger partial charge in [0.05, 0.1) is 17.7 Å². The molecule has 31 heteroatoms. The first kappa shape index (κ1) is 66.8. The van der Waals surface area contributed by atoms with E-state index in [9.17, 15) is 9.59 Å². The van der Waals surface area contributed by atoms with Gasteiger partial charge in [-0.25, -0.2) is 38.8 Å². The maximum atomic E-state index is 12.2. The molecule has 432 valence electrons. The summed E-state index contributed by atoms with van der Waals surface area (Å²) in [6.07, 6.45) is 16.5. The van der Waals surface area contributed by atoms with E-state index in [1.165, 1.54) is 12.4 Å². The number of pyridine rings is 6. The Balaban J connectivity index is 0.000000247. The fourth-order valence-electron chi connectivity index (χ4n) is 7.12. The van der Waals surface area contributed by atoms with Crippen LogP contribution in [0.5, 0.6) is 0 Å². The maximum Gasteiger partial charge on any atom is 0.337 e. The highest BCUT2D eigenvalue weighted by atomic mass is 79.9. The van der Waals surface area contributed by atoms with Crippen molar-refractivity contribution in [3.63, 3.8) is 0 Å². The summed E-state index contributed by atoms with van der Waals surface area (Å²) in [7, 11) is 0. The standard InChI is InChI=1S/C18H20BrN5OS.C18H21N5O2S.C15H14N4O2.3O2S/c1-4-13-10-14(17(19)23-25-7-8-26-3)11-20-16(13)18-21-15-9-12(2)5-6-24(15)22-18;1-4-13-10-14(18(24)22-25-7-8-26-3)11-19-16(13)17-20-15-9-12(2)5-6-23(15)21-17;1-3-10-7-11(15(20)21)8-16-13(10)14-17-12-6-9(2)4-5-19(12)18-14;3*1-3-2/h5-6,9-11H,4,7-8H2,1-3H3;5-6,9-11H,4,7-8H2,1-3H3,(H,22,24);4-8H,3H2,1-2H3,(H,20,21);;;/b23-17-;;;;;. The van der Waals surface area contributed by atoms with Crippen molar-refractivity contribution in [2.45, 2.75) is 60.8 Å². The molecule has 0 aliphatic heterocycles. The molecule has 9 heterocycles. The third-order valence-electron chi connectivity index (χ3n) is 11.0. The van der Waals surface area contributed by atoms with E-state index < -0.39 is 40.7 Å². The molecule has 0 aliphatic rings. The number of carboxylic acids is 1. The van der Waals surface area contributed by atoms with Gasteiger partial charge in [0, 0.05) is 54.3 Å². The zero-order valence-electron chi connectivity index (χ0n) is 45.4. The van der Waals surface area contributed by atoms with Crippen LogP contribution in [0.1, 0.15) is 80.4 Å². The number of oxime groups is 1. The number of aromatic nitrogens is 12. The van der Waals surface area contributed by atoms with Crippen LogP contribution in [-0.4, -0.2) is 143 Å². The van der Waals surface area contributed by atoms with E-state index >= 15 is 0 Å². The number of carbonyl (C=O) groups excluding carboxylic acids is 1. The van der Waals surface area contributed by atoms with Gasteiger partial charge in [-0.15, -0.1) is 15.3 Å². The Morgan fingerprint density at radius 3 is 1.30 bits per heavy atom. The van der Waals surface area contributed by atoms with Crippen LogP contribution in [0, 0.1) is 20.8 Å². The second kappa shape index (κ2) is 35.2. The Kier molecular flexibility index (Phi) is 28.7. The molecule has 0 saturated carbocycles. The topological polar surface area (TPSA) is 329 Å². The summed E-state index contributed by atoms with van der Waals surface area (Å²) in [5.74, 6) is 2.12. The summed E-state index contributed by atoms with van der Waals surface area (Å²) in [5.41, 5.74) is 14.6. The monoisotopic (exact) mass is 1280 g/mol. The minimum Gasteiger partial charge on any atom is -0.478 e. The van der Waals surface area contributed by atoms with Gasteiger partial charge in [-0.3, -0.25) is 24.6 Å². The molecule has 9 aromatic rings. The summed E-state index contributed by atoms with van der Waals surface area (Å²) >= 11 is 4.58. The van der Waals surface area contributed by atoms with E-state index in [1.807, 2.05) is 114 Å². The number of hydroxylamine groups is 1. The van der Waals surface area contributed by atoms with Crippen molar-refractivity contribution in [2.24, 2.45) is 5.16 Å². The number of fused-ring (bicyclic) bond motifs is 3. The summed E-state index contributed by atoms with van der Waals surface area (Å²) in [6, 6.07) is 17.3. The Morgan fingerprint density at radius 2 is 0.927 bits per heavy atom. The number of aryl methyl sites for hydroxylation is 6. The predicted molar refractivity (Wildman–Crippen MR) is 316 cm³/mol. The lowest BCUT2D eigenvalue weighted by molar-refractivity contribution is 0.0374. The number of amides is 1. The molecule has 0 fully saturated rings. The smallest absolute Gasteiger partial charge is 0.337 e. The average molecular weight is 1280 g/mol. The molecular formula is C51H55BrN14O11S5. The van der Waals surface area contributed by atoms with Crippen LogP contribution in [0.3, 0.4) is 0 Å². The van der Waals surface area contributed by atoms with Crippen molar-refractivity contribution in [3.8, 4) is 34.6 Å². The minimum absolute atomic E-state index is 0.176. The second-order valence-corrected chi connectivity index (χ2v) is 19.7. The molecule has 0 atom stereocenters. The first-order chi connectivity index (χ1) is 39.6. The molecule has 0 radical (unpaired) electrons. The highest BCUT2D eigenvalue weighted by Gasteiger charge is 2.18. The van der Waals surface area contributed by atoms with Crippen molar-refractivity contribution < 1.29 is 49.6 Å². The van der Waals surface area contributed by atoms with Crippen LogP contribution in [0.15, 0.2) is 96.9 Å². The van der Waals surface area contributed by atoms with Crippen LogP contribution >= 0.6 is 39.5 Å². The van der Waals surface area contributed by atoms with Crippen molar-refractivity contribution >= 4 is 108 Å². The van der Waals surface area contributed by atoms with Crippen LogP contribution in [0.25, 0.3) is 51.5 Å². The molecule has 0 aromatic carbocycles. The normalized spacial score (nSPS) is 10.5. The number of hydrogen-bond donors (Lipinski definition) is 2. The number of rotatable bonds is 17. The Hall–Kier alpha value is -7.68. The van der Waals surface area contributed by atoms with Gasteiger partial charge in [-0.2, -0.15) is 48.8 Å². The van der Waals surface area contributed by atoms with Gasteiger partial charge in [0.25, 0.3) is 5.91 Å². The number of hydrogen-bond acceptors (Lipinski definition) is 22. The second-order valence-electron chi connectivity index (χ2n) is 16.6. The summed E-state index contributed by atoms with van der Waals surface area (Å²) in [5, 5.41) is 26.6. The van der Waals surface area contributed by atoms with Crippen molar-refractivity contribution in [3.05, 3.63) is 142 Å². The van der Waals surface area contributed by atoms with Gasteiger partial charge in [0.15, 0.2) is 21.6 Å². The van der Waals surface area contributed by atoms with Crippen LogP contribution in [-0.2, 0) is 63.7 Å². The third-order valence-corrected chi connectivity index (χ3v) is 12.7. The molecule has 1 amide bonds. The summed E-state index contributed by atoms with van der Waals surface area (Å²) < 4.78 is 55.6. The van der Waals surface area contributed by atoms with E-state index in [4.69, 9.17) is 40.0 Å². The van der Waals surface area contributed by atoms with Gasteiger partial charge in [-0.1, -0.05) is 25.9 Å². The molecule has 2 N–H and O–H groups in total. The quantitative estimate of drug-likeness (QED) is 0.0520. The molecule has 0 bridgehead atoms. The van der Waals surface area contributed by atoms with Gasteiger partial charge >= 0.3 is 40.7 Å². The van der Waals surface area contributed by atoms with E-state index in [1.54, 1.807) is 49.3 Å². The first-order valence-electron chi connectivity index (χ1n) is 24.3. The number of carbonyl (C=O) groups is 2. The third kappa shape index (κ3) is 19.8. The zero-order valence-corrected chi connectivity index (χ0v) is 51.0. The van der Waals surface area contributed by atoms with E-state index in [-0.39, 0.29) is 11.5 Å². The van der Waals surface area contributed by atoms with Crippen LogP contribution in [0.4, 0.5) is 0 Å². The van der Waals surface area contributed by atoms with Crippen molar-refractivity contribution in [2.75, 3.05) is 37.2 Å². The van der Waals surface area contributed by atoms with Gasteiger partial charge < -0.3 is 9.94 Å². The molecule has 0 saturated heterocycles. The Morgan fingerprint density at radius 1 is 0.573 bits per heavy atom. The lowest BCUT2D eigenvalue weighted by Crippen LogP contribution is -2.25. The predicted octanol–water partition coefficient (Wildman–Crippen LogP) is 7.13. The molecule has 25 nitrogen and oxygen atoms in total. The van der Waals surface area contributed by atoms with Crippen molar-refractivity contribution in [1.29, 1.82) is 0 Å². The zero-order chi connectivity index (χ0) is 60.1. The lowest BCUT2D eigenvalue weighted by atomic mass is 10.1. The molecule has 0 spiro atoms. The number of carboxylic acid groups (broad SMARTS) is 1. The minimum atomic E-state index is -0.984. The highest BCUT2D eigenvalue weighted by Crippen LogP contribution is 2.25. The number of thioether (sulfide) groups is 2. The number of nitrogens with zero attached hydrogens (tertiary/aromatic N) is 13. The fraction of sp³-hybridized carbons (Fsp3) is 0.294. The van der Waals surface area contributed by atoms with E-state index in [0.717, 1.165) is 79.5 Å². The lowest BCUT2D eigenvalue weighted by Gasteiger charge is -2.08. The largest absolute Gasteiger partial charge is 0.478 e. The average Bonchev–Trinajstić information content (AvgIpc) is 4.25. The summed E-state index contributed by atoms with van der Waals surface area (Å²) in [6.45, 7) is 13.1. The Bertz CT molecular complexity index is 3720. The van der Waals surface area contributed by atoms with Crippen LogP contribution < -0.4 is 5.48 Å². The molecule has 0 unspecified atom stereocenters. The SMILES string of the molecule is CCc1cc(/C(Br)=N/OCCSC)cnc1-c1nc2cc(C)ccn2n1.CCc1cc(C(=O)NOCCSC)cnc1-c1nc2cc(C)ccn2n1.CCc1cc(C(=O)O)cnc1-c1nc2cc(C)ccn2n1.O=S=O.O=S=O.O=S=O. The number of halogens is 1. The maximum absolute atomic E-state index is 12.2. The summed E-state index contributed by atoms with van der Waals surface area (Å²) in [4.78, 5) is 60.6. The van der Waals surface area contributed by atoms with Crippen LogP contribution in [0.2, 0.25) is 0 Å². The van der Waals surface area contributed by atoms with Gasteiger partial charge in [0.1, 0.15) is 23.7 Å². The number of nitrogens with one attached hydrogen (secondary N) is 1. The molecule has 82 heavy (non-hydrogen) atoms. The first-order valence-corrected chi connectivity index (χ1v) is 29.9. The van der Waals surface area contributed by atoms with E-state index in [0.29, 0.717) is 65.1 Å². The molecule has 9 aromatic heterocycles. The molecular weight excluding hydrogens is 1220 g/mol. The Labute approximate surface area is 497 Å².